The van der Waals surface area contributed by atoms with E-state index in [0.29, 0.717) is 0 Å². The van der Waals surface area contributed by atoms with Gasteiger partial charge in [0.15, 0.2) is 5.69 Å². The van der Waals surface area contributed by atoms with Crippen molar-refractivity contribution in [1.29, 1.82) is 0 Å². The smallest absolute Gasteiger partial charge is 0.310 e. The van der Waals surface area contributed by atoms with E-state index in [-0.39, 0.29) is 31.2 Å². The lowest BCUT2D eigenvalue weighted by atomic mass is 10.0. The van der Waals surface area contributed by atoms with E-state index in [0.717, 1.165) is 4.90 Å². The highest BCUT2D eigenvalue weighted by Gasteiger charge is 2.47. The van der Waals surface area contributed by atoms with Gasteiger partial charge < -0.3 is 19.1 Å². The zero-order valence-corrected chi connectivity index (χ0v) is 16.6. The Morgan fingerprint density at radius 2 is 1.93 bits per heavy atom. The molecule has 9 nitrogen and oxygen atoms in total. The molecule has 1 aliphatic heterocycles. The summed E-state index contributed by atoms with van der Waals surface area (Å²) in [6, 6.07) is 0. The summed E-state index contributed by atoms with van der Waals surface area (Å²) in [5.74, 6) is -4.60. The fraction of sp³-hybridized carbons (Fsp3) is 0.765. The van der Waals surface area contributed by atoms with Gasteiger partial charge in [0.05, 0.1) is 31.3 Å². The second kappa shape index (κ2) is 8.91. The van der Waals surface area contributed by atoms with Crippen LogP contribution in [0.4, 0.5) is 8.78 Å². The maximum Gasteiger partial charge on any atom is 0.310 e. The van der Waals surface area contributed by atoms with Crippen molar-refractivity contribution in [3.63, 3.8) is 0 Å². The quantitative estimate of drug-likeness (QED) is 0.657. The molecule has 11 heteroatoms. The molecule has 2 atom stereocenters. The summed E-state index contributed by atoms with van der Waals surface area (Å²) in [4.78, 5) is 25.2. The number of esters is 1. The average molecular weight is 404 g/mol. The Labute approximate surface area is 161 Å². The SMILES string of the molecule is CO[C@H]1CN(C(=O)CCC(=O)OC(C)C)CC(F)(F)c2nnn(C)c2[C@@H]1OC. The zero-order valence-electron chi connectivity index (χ0n) is 16.6. The van der Waals surface area contributed by atoms with E-state index in [2.05, 4.69) is 10.3 Å². The number of rotatable bonds is 6. The number of hydrogen-bond acceptors (Lipinski definition) is 7. The molecule has 0 saturated heterocycles. The minimum atomic E-state index is -3.44. The van der Waals surface area contributed by atoms with Gasteiger partial charge in [0.25, 0.3) is 0 Å². The third kappa shape index (κ3) is 4.82. The Bertz CT molecular complexity index is 710. The van der Waals surface area contributed by atoms with Gasteiger partial charge >= 0.3 is 11.9 Å². The Morgan fingerprint density at radius 3 is 2.50 bits per heavy atom. The Balaban J connectivity index is 2.26. The molecule has 1 aromatic rings. The molecule has 158 valence electrons. The van der Waals surface area contributed by atoms with Gasteiger partial charge in [0.2, 0.25) is 5.91 Å². The van der Waals surface area contributed by atoms with Gasteiger partial charge in [-0.05, 0) is 13.8 Å². The molecule has 0 aliphatic carbocycles. The largest absolute Gasteiger partial charge is 0.463 e. The van der Waals surface area contributed by atoms with E-state index in [1.807, 2.05) is 0 Å². The van der Waals surface area contributed by atoms with Crippen molar-refractivity contribution in [3.8, 4) is 0 Å². The number of carbonyl (C=O) groups excluding carboxylic acids is 2. The van der Waals surface area contributed by atoms with Crippen molar-refractivity contribution in [1.82, 2.24) is 19.9 Å². The van der Waals surface area contributed by atoms with Crippen molar-refractivity contribution in [2.75, 3.05) is 27.3 Å². The molecular weight excluding hydrogens is 378 g/mol. The number of nitrogens with zero attached hydrogens (tertiary/aromatic N) is 4. The number of fused-ring (bicyclic) bond motifs is 1. The third-order valence-electron chi connectivity index (χ3n) is 4.43. The standard InChI is InChI=1S/C17H26F2N4O5/c1-10(2)28-13(25)7-6-12(24)23-8-11(26-4)15(27-5)14-16(17(18,19)9-23)20-21-22(14)3/h10-11,15H,6-9H2,1-5H3/t11-,15+/m0/s1. The predicted molar refractivity (Wildman–Crippen MR) is 92.5 cm³/mol. The van der Waals surface area contributed by atoms with Crippen molar-refractivity contribution in [3.05, 3.63) is 11.4 Å². The number of methoxy groups -OCH3 is 2. The van der Waals surface area contributed by atoms with Crippen LogP contribution < -0.4 is 0 Å². The lowest BCUT2D eigenvalue weighted by molar-refractivity contribution is -0.152. The van der Waals surface area contributed by atoms with E-state index in [9.17, 15) is 18.4 Å². The molecule has 1 amide bonds. The highest BCUT2D eigenvalue weighted by molar-refractivity contribution is 5.81. The predicted octanol–water partition coefficient (Wildman–Crippen LogP) is 1.18. The van der Waals surface area contributed by atoms with Crippen LogP contribution >= 0.6 is 0 Å². The number of aromatic nitrogens is 3. The van der Waals surface area contributed by atoms with Gasteiger partial charge in [-0.1, -0.05) is 5.21 Å². The van der Waals surface area contributed by atoms with Crippen LogP contribution in [0.1, 0.15) is 44.2 Å². The maximum atomic E-state index is 14.9. The van der Waals surface area contributed by atoms with Crippen molar-refractivity contribution < 1.29 is 32.6 Å². The fourth-order valence-corrected chi connectivity index (χ4v) is 3.15. The Hall–Kier alpha value is -2.14. The summed E-state index contributed by atoms with van der Waals surface area (Å²) >= 11 is 0. The molecule has 1 aromatic heterocycles. The molecule has 2 heterocycles. The number of alkyl halides is 2. The van der Waals surface area contributed by atoms with Gasteiger partial charge in [-0.25, -0.2) is 4.68 Å². The van der Waals surface area contributed by atoms with E-state index in [1.165, 1.54) is 25.9 Å². The summed E-state index contributed by atoms with van der Waals surface area (Å²) < 4.78 is 46.8. The van der Waals surface area contributed by atoms with E-state index >= 15 is 0 Å². The summed E-state index contributed by atoms with van der Waals surface area (Å²) in [5, 5.41) is 7.28. The summed E-state index contributed by atoms with van der Waals surface area (Å²) in [6.45, 7) is 2.34. The van der Waals surface area contributed by atoms with Crippen LogP contribution in [0.25, 0.3) is 0 Å². The number of hydrogen-bond donors (Lipinski definition) is 0. The van der Waals surface area contributed by atoms with Gasteiger partial charge in [-0.15, -0.1) is 5.10 Å². The normalized spacial score (nSPS) is 21.8. The summed E-state index contributed by atoms with van der Waals surface area (Å²) in [7, 11) is 4.26. The molecule has 28 heavy (non-hydrogen) atoms. The van der Waals surface area contributed by atoms with Crippen molar-refractivity contribution in [2.24, 2.45) is 7.05 Å². The molecule has 0 aromatic carbocycles. The molecule has 0 N–H and O–H groups in total. The Kier molecular flexibility index (Phi) is 7.05. The van der Waals surface area contributed by atoms with Gasteiger partial charge in [0.1, 0.15) is 12.2 Å². The number of halogens is 2. The molecule has 0 radical (unpaired) electrons. The first kappa shape index (κ1) is 22.2. The monoisotopic (exact) mass is 404 g/mol. The Morgan fingerprint density at radius 1 is 1.25 bits per heavy atom. The summed E-state index contributed by atoms with van der Waals surface area (Å²) in [5.41, 5.74) is -0.451. The van der Waals surface area contributed by atoms with Crippen LogP contribution in [0, 0.1) is 0 Å². The first-order chi connectivity index (χ1) is 13.1. The minimum absolute atomic E-state index is 0.104. The van der Waals surface area contributed by atoms with Gasteiger partial charge in [-0.2, -0.15) is 8.78 Å². The lowest BCUT2D eigenvalue weighted by Gasteiger charge is -2.36. The molecule has 0 spiro atoms. The fourth-order valence-electron chi connectivity index (χ4n) is 3.15. The van der Waals surface area contributed by atoms with Crippen molar-refractivity contribution in [2.45, 2.75) is 50.9 Å². The molecule has 1 aliphatic rings. The van der Waals surface area contributed by atoms with Crippen LogP contribution in [0.15, 0.2) is 0 Å². The molecule has 0 fully saturated rings. The first-order valence-electron chi connectivity index (χ1n) is 8.91. The zero-order chi connectivity index (χ0) is 21.1. The second-order valence-corrected chi connectivity index (χ2v) is 6.89. The maximum absolute atomic E-state index is 14.9. The summed E-state index contributed by atoms with van der Waals surface area (Å²) in [6.07, 6.45) is -2.37. The van der Waals surface area contributed by atoms with Crippen molar-refractivity contribution >= 4 is 11.9 Å². The van der Waals surface area contributed by atoms with Gasteiger partial charge in [0, 0.05) is 27.7 Å². The highest BCUT2D eigenvalue weighted by Crippen LogP contribution is 2.37. The van der Waals surface area contributed by atoms with Crippen LogP contribution in [0.3, 0.4) is 0 Å². The minimum Gasteiger partial charge on any atom is -0.463 e. The van der Waals surface area contributed by atoms with Crippen LogP contribution in [-0.2, 0) is 36.8 Å². The third-order valence-corrected chi connectivity index (χ3v) is 4.43. The number of aryl methyl sites for hydroxylation is 1. The number of carbonyl (C=O) groups is 2. The average Bonchev–Trinajstić information content (AvgIpc) is 2.99. The number of ether oxygens (including phenoxy) is 3. The number of amides is 1. The topological polar surface area (TPSA) is 95.8 Å². The highest BCUT2D eigenvalue weighted by atomic mass is 19.3. The van der Waals surface area contributed by atoms with E-state index in [1.54, 1.807) is 13.8 Å². The van der Waals surface area contributed by atoms with Crippen LogP contribution in [0.2, 0.25) is 0 Å². The molecule has 2 rings (SSSR count). The first-order valence-corrected chi connectivity index (χ1v) is 8.91. The molecule has 0 saturated carbocycles. The molecule has 0 bridgehead atoms. The van der Waals surface area contributed by atoms with Crippen LogP contribution in [0.5, 0.6) is 0 Å². The van der Waals surface area contributed by atoms with E-state index < -0.39 is 42.2 Å². The molecule has 0 unspecified atom stereocenters. The second-order valence-electron chi connectivity index (χ2n) is 6.89. The van der Waals surface area contributed by atoms with Crippen LogP contribution in [-0.4, -0.2) is 71.3 Å². The molecular formula is C17H26F2N4O5. The van der Waals surface area contributed by atoms with E-state index in [4.69, 9.17) is 14.2 Å². The van der Waals surface area contributed by atoms with Gasteiger partial charge in [-0.3, -0.25) is 9.59 Å². The lowest BCUT2D eigenvalue weighted by Crippen LogP contribution is -2.48.